The maximum absolute atomic E-state index is 13.3. The van der Waals surface area contributed by atoms with Crippen molar-refractivity contribution >= 4 is 23.1 Å². The predicted molar refractivity (Wildman–Crippen MR) is 139 cm³/mol. The third kappa shape index (κ3) is 4.79. The molecule has 1 unspecified atom stereocenters. The molecule has 1 atom stereocenters. The topological polar surface area (TPSA) is 89.0 Å². The van der Waals surface area contributed by atoms with Crippen molar-refractivity contribution in [3.63, 3.8) is 0 Å². The van der Waals surface area contributed by atoms with E-state index in [0.29, 0.717) is 34.9 Å². The maximum Gasteiger partial charge on any atom is 0.300 e. The van der Waals surface area contributed by atoms with Crippen LogP contribution in [0.2, 0.25) is 0 Å². The molecule has 1 aromatic heterocycles. The standard InChI is InChI=1S/C30H24N2O5/c1-36-24-13-9-21(10-14-24)28(33)26-27(22-8-5-17-31-18-22)32(30(35)29(26)34)23-11-15-25(16-12-23)37-19-20-6-3-2-4-7-20/h2-18,27,33H,19H2,1H3/b28-26-. The molecule has 0 spiro atoms. The summed E-state index contributed by atoms with van der Waals surface area (Å²) in [6, 6.07) is 26.0. The molecule has 1 aliphatic heterocycles. The Morgan fingerprint density at radius 2 is 1.59 bits per heavy atom. The zero-order chi connectivity index (χ0) is 25.8. The zero-order valence-corrected chi connectivity index (χ0v) is 20.1. The number of carbonyl (C=O) groups excluding carboxylic acids is 2. The van der Waals surface area contributed by atoms with Gasteiger partial charge in [0.15, 0.2) is 0 Å². The highest BCUT2D eigenvalue weighted by molar-refractivity contribution is 6.51. The van der Waals surface area contributed by atoms with E-state index in [2.05, 4.69) is 4.98 Å². The summed E-state index contributed by atoms with van der Waals surface area (Å²) in [5.74, 6) is -0.538. The van der Waals surface area contributed by atoms with Gasteiger partial charge in [0.1, 0.15) is 23.9 Å². The van der Waals surface area contributed by atoms with Gasteiger partial charge in [0, 0.05) is 23.6 Å². The highest BCUT2D eigenvalue weighted by atomic mass is 16.5. The SMILES string of the molecule is COc1ccc(/C(O)=C2/C(=O)C(=O)N(c3ccc(OCc4ccccc4)cc3)C2c2cccnc2)cc1. The third-order valence-electron chi connectivity index (χ3n) is 6.17. The smallest absolute Gasteiger partial charge is 0.300 e. The molecule has 2 heterocycles. The molecule has 0 radical (unpaired) electrons. The van der Waals surface area contributed by atoms with Gasteiger partial charge in [-0.25, -0.2) is 0 Å². The van der Waals surface area contributed by atoms with Crippen molar-refractivity contribution in [1.82, 2.24) is 4.98 Å². The van der Waals surface area contributed by atoms with E-state index in [0.717, 1.165) is 5.56 Å². The molecule has 7 heteroatoms. The third-order valence-corrected chi connectivity index (χ3v) is 6.17. The first-order valence-corrected chi connectivity index (χ1v) is 11.7. The molecule has 1 aliphatic rings. The average molecular weight is 493 g/mol. The lowest BCUT2D eigenvalue weighted by Crippen LogP contribution is -2.29. The number of aliphatic hydroxyl groups excluding tert-OH is 1. The van der Waals surface area contributed by atoms with Crippen LogP contribution < -0.4 is 14.4 Å². The molecule has 1 N–H and O–H groups in total. The number of anilines is 1. The van der Waals surface area contributed by atoms with E-state index in [-0.39, 0.29) is 11.3 Å². The predicted octanol–water partition coefficient (Wildman–Crippen LogP) is 5.30. The highest BCUT2D eigenvalue weighted by Gasteiger charge is 2.47. The van der Waals surface area contributed by atoms with Crippen LogP contribution in [0.4, 0.5) is 5.69 Å². The first-order valence-electron chi connectivity index (χ1n) is 11.7. The molecule has 1 amide bonds. The quantitative estimate of drug-likeness (QED) is 0.214. The molecule has 0 aliphatic carbocycles. The molecule has 1 saturated heterocycles. The van der Waals surface area contributed by atoms with Crippen LogP contribution in [0.25, 0.3) is 5.76 Å². The first kappa shape index (κ1) is 23.8. The van der Waals surface area contributed by atoms with Gasteiger partial charge in [0.2, 0.25) is 0 Å². The fraction of sp³-hybridized carbons (Fsp3) is 0.100. The molecule has 3 aromatic carbocycles. The first-order chi connectivity index (χ1) is 18.1. The molecule has 0 saturated carbocycles. The monoisotopic (exact) mass is 492 g/mol. The van der Waals surface area contributed by atoms with Crippen LogP contribution in [0.15, 0.2) is 109 Å². The maximum atomic E-state index is 13.3. The minimum absolute atomic E-state index is 0.00688. The van der Waals surface area contributed by atoms with Gasteiger partial charge in [-0.1, -0.05) is 36.4 Å². The summed E-state index contributed by atoms with van der Waals surface area (Å²) in [6.45, 7) is 0.405. The average Bonchev–Trinajstić information content (AvgIpc) is 3.23. The normalized spacial score (nSPS) is 16.6. The Bertz CT molecular complexity index is 1430. The van der Waals surface area contributed by atoms with Crippen LogP contribution in [0, 0.1) is 0 Å². The Labute approximate surface area is 214 Å². The lowest BCUT2D eigenvalue weighted by atomic mass is 9.96. The summed E-state index contributed by atoms with van der Waals surface area (Å²) in [4.78, 5) is 32.1. The van der Waals surface area contributed by atoms with Gasteiger partial charge in [-0.2, -0.15) is 0 Å². The van der Waals surface area contributed by atoms with Crippen LogP contribution in [-0.2, 0) is 16.2 Å². The van der Waals surface area contributed by atoms with Gasteiger partial charge in [-0.05, 0) is 65.7 Å². The number of Topliss-reactive ketones (excluding diaryl/α,β-unsaturated/α-hetero) is 1. The summed E-state index contributed by atoms with van der Waals surface area (Å²) in [6.07, 6.45) is 3.19. The molecule has 184 valence electrons. The largest absolute Gasteiger partial charge is 0.507 e. The van der Waals surface area contributed by atoms with E-state index in [1.54, 1.807) is 80.2 Å². The number of hydrogen-bond donors (Lipinski definition) is 1. The number of carbonyl (C=O) groups is 2. The van der Waals surface area contributed by atoms with Crippen molar-refractivity contribution in [3.05, 3.63) is 126 Å². The van der Waals surface area contributed by atoms with Crippen molar-refractivity contribution in [2.24, 2.45) is 0 Å². The molecule has 7 nitrogen and oxygen atoms in total. The Morgan fingerprint density at radius 1 is 0.892 bits per heavy atom. The zero-order valence-electron chi connectivity index (χ0n) is 20.1. The van der Waals surface area contributed by atoms with Crippen molar-refractivity contribution in [3.8, 4) is 11.5 Å². The van der Waals surface area contributed by atoms with E-state index in [9.17, 15) is 14.7 Å². The van der Waals surface area contributed by atoms with Gasteiger partial charge in [-0.15, -0.1) is 0 Å². The number of nitrogens with zero attached hydrogens (tertiary/aromatic N) is 2. The van der Waals surface area contributed by atoms with E-state index in [1.165, 1.54) is 4.90 Å². The molecule has 4 aromatic rings. The van der Waals surface area contributed by atoms with E-state index in [1.807, 2.05) is 30.3 Å². The minimum atomic E-state index is -0.855. The number of hydrogen-bond acceptors (Lipinski definition) is 6. The molecule has 37 heavy (non-hydrogen) atoms. The van der Waals surface area contributed by atoms with Crippen LogP contribution in [-0.4, -0.2) is 28.9 Å². The van der Waals surface area contributed by atoms with Gasteiger partial charge in [0.25, 0.3) is 11.7 Å². The van der Waals surface area contributed by atoms with E-state index < -0.39 is 17.7 Å². The number of methoxy groups -OCH3 is 1. The number of ether oxygens (including phenoxy) is 2. The Morgan fingerprint density at radius 3 is 2.24 bits per heavy atom. The Kier molecular flexibility index (Phi) is 6.68. The molecule has 1 fully saturated rings. The number of aromatic nitrogens is 1. The van der Waals surface area contributed by atoms with Crippen LogP contribution in [0.5, 0.6) is 11.5 Å². The van der Waals surface area contributed by atoms with Crippen LogP contribution in [0.3, 0.4) is 0 Å². The fourth-order valence-electron chi connectivity index (χ4n) is 4.30. The van der Waals surface area contributed by atoms with Crippen molar-refractivity contribution in [2.45, 2.75) is 12.6 Å². The second-order valence-electron chi connectivity index (χ2n) is 8.45. The fourth-order valence-corrected chi connectivity index (χ4v) is 4.30. The van der Waals surface area contributed by atoms with Crippen LogP contribution >= 0.6 is 0 Å². The molecular weight excluding hydrogens is 468 g/mol. The highest BCUT2D eigenvalue weighted by Crippen LogP contribution is 2.42. The Balaban J connectivity index is 1.51. The number of aliphatic hydroxyl groups is 1. The van der Waals surface area contributed by atoms with Crippen molar-refractivity contribution < 1.29 is 24.2 Å². The Hall–Kier alpha value is -4.91. The van der Waals surface area contributed by atoms with Gasteiger partial charge < -0.3 is 14.6 Å². The second-order valence-corrected chi connectivity index (χ2v) is 8.45. The summed E-state index contributed by atoms with van der Waals surface area (Å²) >= 11 is 0. The number of rotatable bonds is 7. The number of pyridine rings is 1. The van der Waals surface area contributed by atoms with Crippen molar-refractivity contribution in [2.75, 3.05) is 12.0 Å². The molecule has 5 rings (SSSR count). The lowest BCUT2D eigenvalue weighted by Gasteiger charge is -2.25. The van der Waals surface area contributed by atoms with Crippen LogP contribution in [0.1, 0.15) is 22.7 Å². The van der Waals surface area contributed by atoms with Gasteiger partial charge in [0.05, 0.1) is 18.7 Å². The van der Waals surface area contributed by atoms with E-state index in [4.69, 9.17) is 9.47 Å². The number of amides is 1. The minimum Gasteiger partial charge on any atom is -0.507 e. The van der Waals surface area contributed by atoms with Gasteiger partial charge in [-0.3, -0.25) is 19.5 Å². The van der Waals surface area contributed by atoms with E-state index >= 15 is 0 Å². The molecule has 0 bridgehead atoms. The summed E-state index contributed by atoms with van der Waals surface area (Å²) in [7, 11) is 1.54. The van der Waals surface area contributed by atoms with Crippen molar-refractivity contribution in [1.29, 1.82) is 0 Å². The second kappa shape index (κ2) is 10.4. The number of ketones is 1. The lowest BCUT2D eigenvalue weighted by molar-refractivity contribution is -0.132. The van der Waals surface area contributed by atoms with Gasteiger partial charge >= 0.3 is 0 Å². The summed E-state index contributed by atoms with van der Waals surface area (Å²) in [5, 5.41) is 11.2. The number of benzene rings is 3. The molecular formula is C30H24N2O5. The summed E-state index contributed by atoms with van der Waals surface area (Å²) < 4.78 is 11.0. The summed E-state index contributed by atoms with van der Waals surface area (Å²) in [5.41, 5.74) is 2.52.